The van der Waals surface area contributed by atoms with Crippen LogP contribution in [0.25, 0.3) is 11.3 Å². The van der Waals surface area contributed by atoms with Gasteiger partial charge in [0.2, 0.25) is 0 Å². The fraction of sp³-hybridized carbons (Fsp3) is 0.179. The van der Waals surface area contributed by atoms with E-state index in [1.165, 1.54) is 0 Å². The van der Waals surface area contributed by atoms with Gasteiger partial charge in [0.25, 0.3) is 0 Å². The Morgan fingerprint density at radius 3 is 2.25 bits per heavy atom. The Kier molecular flexibility index (Phi) is 7.71. The number of aromatic nitrogens is 1. The third-order valence-electron chi connectivity index (χ3n) is 5.59. The number of hydrogen-bond donors (Lipinski definition) is 1. The number of esters is 1. The lowest BCUT2D eigenvalue weighted by molar-refractivity contribution is -0.147. The summed E-state index contributed by atoms with van der Waals surface area (Å²) >= 11 is 6.22. The first kappa shape index (κ1) is 25.0. The number of aryl methyl sites for hydroxylation is 1. The van der Waals surface area contributed by atoms with Crippen molar-refractivity contribution in [3.05, 3.63) is 100 Å². The highest BCUT2D eigenvalue weighted by Gasteiger charge is 2.21. The number of carboxylic acid groups (broad SMARTS) is 1. The van der Waals surface area contributed by atoms with E-state index >= 15 is 0 Å². The van der Waals surface area contributed by atoms with E-state index < -0.39 is 18.0 Å². The maximum Gasteiger partial charge on any atom is 0.311 e. The van der Waals surface area contributed by atoms with Gasteiger partial charge in [0.1, 0.15) is 17.6 Å². The van der Waals surface area contributed by atoms with Gasteiger partial charge in [-0.1, -0.05) is 47.1 Å². The molecule has 1 heterocycles. The Balaban J connectivity index is 1.43. The number of halogens is 1. The Morgan fingerprint density at radius 1 is 0.972 bits per heavy atom. The quantitative estimate of drug-likeness (QED) is 0.257. The van der Waals surface area contributed by atoms with Crippen LogP contribution in [-0.2, 0) is 27.2 Å². The molecular weight excluding hydrogens is 482 g/mol. The summed E-state index contributed by atoms with van der Waals surface area (Å²) in [5, 5.41) is 13.5. The maximum absolute atomic E-state index is 12.7. The molecule has 36 heavy (non-hydrogen) atoms. The van der Waals surface area contributed by atoms with Crippen molar-refractivity contribution in [1.82, 2.24) is 5.16 Å². The highest BCUT2D eigenvalue weighted by molar-refractivity contribution is 6.31. The summed E-state index contributed by atoms with van der Waals surface area (Å²) in [6.45, 7) is 3.55. The van der Waals surface area contributed by atoms with E-state index in [0.717, 1.165) is 11.1 Å². The molecule has 4 rings (SSSR count). The number of carboxylic acids is 1. The van der Waals surface area contributed by atoms with E-state index in [9.17, 15) is 9.59 Å². The van der Waals surface area contributed by atoms with Gasteiger partial charge in [-0.3, -0.25) is 9.59 Å². The van der Waals surface area contributed by atoms with Gasteiger partial charge < -0.3 is 19.1 Å². The summed E-state index contributed by atoms with van der Waals surface area (Å²) in [5.74, 6) is 0.365. The minimum absolute atomic E-state index is 0.000399. The van der Waals surface area contributed by atoms with Crippen LogP contribution in [-0.4, -0.2) is 22.2 Å². The summed E-state index contributed by atoms with van der Waals surface area (Å²) in [6.07, 6.45) is -0.537. The highest BCUT2D eigenvalue weighted by Crippen LogP contribution is 2.31. The first-order valence-corrected chi connectivity index (χ1v) is 11.7. The third-order valence-corrected chi connectivity index (χ3v) is 5.93. The zero-order valence-corrected chi connectivity index (χ0v) is 20.5. The first-order chi connectivity index (χ1) is 17.3. The Labute approximate surface area is 213 Å². The molecule has 3 aromatic carbocycles. The maximum atomic E-state index is 12.7. The van der Waals surface area contributed by atoms with Crippen molar-refractivity contribution in [3.63, 3.8) is 0 Å². The molecule has 0 aliphatic rings. The number of carbonyl (C=O) groups excluding carboxylic acids is 1. The van der Waals surface area contributed by atoms with Crippen LogP contribution < -0.4 is 4.74 Å². The van der Waals surface area contributed by atoms with Crippen molar-refractivity contribution in [2.24, 2.45) is 0 Å². The van der Waals surface area contributed by atoms with E-state index in [0.29, 0.717) is 39.1 Å². The minimum atomic E-state index is -0.885. The zero-order chi connectivity index (χ0) is 25.7. The van der Waals surface area contributed by atoms with Crippen LogP contribution in [0.3, 0.4) is 0 Å². The SMILES string of the molecule is Cc1noc(-c2ccc(Oc3ccc(CC(=O)O)cc3)cc2)c1CC(=O)O[C@H](C)c1ccccc1Cl. The molecule has 0 fully saturated rings. The van der Waals surface area contributed by atoms with Crippen molar-refractivity contribution >= 4 is 23.5 Å². The molecule has 0 saturated heterocycles. The van der Waals surface area contributed by atoms with E-state index in [4.69, 9.17) is 30.7 Å². The molecule has 0 aliphatic carbocycles. The van der Waals surface area contributed by atoms with Crippen LogP contribution in [0.5, 0.6) is 11.5 Å². The topological polar surface area (TPSA) is 98.9 Å². The van der Waals surface area contributed by atoms with Crippen molar-refractivity contribution in [1.29, 1.82) is 0 Å². The molecule has 184 valence electrons. The van der Waals surface area contributed by atoms with E-state index in [-0.39, 0.29) is 12.8 Å². The van der Waals surface area contributed by atoms with Gasteiger partial charge in [-0.2, -0.15) is 0 Å². The second kappa shape index (κ2) is 11.1. The van der Waals surface area contributed by atoms with Gasteiger partial charge in [-0.15, -0.1) is 0 Å². The molecule has 0 saturated carbocycles. The number of hydrogen-bond acceptors (Lipinski definition) is 6. The van der Waals surface area contributed by atoms with Crippen LogP contribution in [0, 0.1) is 6.92 Å². The van der Waals surface area contributed by atoms with Crippen LogP contribution in [0.2, 0.25) is 5.02 Å². The van der Waals surface area contributed by atoms with Gasteiger partial charge >= 0.3 is 11.9 Å². The predicted molar refractivity (Wildman–Crippen MR) is 134 cm³/mol. The lowest BCUT2D eigenvalue weighted by Crippen LogP contribution is -2.12. The third kappa shape index (κ3) is 6.12. The molecule has 1 aromatic heterocycles. The first-order valence-electron chi connectivity index (χ1n) is 11.3. The number of carbonyl (C=O) groups is 2. The van der Waals surface area contributed by atoms with Gasteiger partial charge in [0.15, 0.2) is 5.76 Å². The van der Waals surface area contributed by atoms with E-state index in [1.54, 1.807) is 56.3 Å². The van der Waals surface area contributed by atoms with Gasteiger partial charge in [-0.05, 0) is 61.9 Å². The predicted octanol–water partition coefficient (Wildman–Crippen LogP) is 6.57. The van der Waals surface area contributed by atoms with Gasteiger partial charge in [-0.25, -0.2) is 0 Å². The molecule has 1 atom stereocenters. The largest absolute Gasteiger partial charge is 0.481 e. The van der Waals surface area contributed by atoms with Gasteiger partial charge in [0.05, 0.1) is 18.5 Å². The molecular formula is C28H24ClNO6. The monoisotopic (exact) mass is 505 g/mol. The highest BCUT2D eigenvalue weighted by atomic mass is 35.5. The summed E-state index contributed by atoms with van der Waals surface area (Å²) < 4.78 is 17.0. The summed E-state index contributed by atoms with van der Waals surface area (Å²) in [7, 11) is 0. The second-order valence-corrected chi connectivity index (χ2v) is 8.65. The summed E-state index contributed by atoms with van der Waals surface area (Å²) in [4.78, 5) is 23.5. The molecule has 0 bridgehead atoms. The van der Waals surface area contributed by atoms with Crippen molar-refractivity contribution < 1.29 is 28.7 Å². The summed E-state index contributed by atoms with van der Waals surface area (Å²) in [6, 6.07) is 21.3. The second-order valence-electron chi connectivity index (χ2n) is 8.25. The van der Waals surface area contributed by atoms with E-state index in [2.05, 4.69) is 5.16 Å². The van der Waals surface area contributed by atoms with E-state index in [1.807, 2.05) is 30.3 Å². The lowest BCUT2D eigenvalue weighted by Gasteiger charge is -2.15. The number of rotatable bonds is 9. The van der Waals surface area contributed by atoms with Crippen molar-refractivity contribution in [2.45, 2.75) is 32.8 Å². The fourth-order valence-electron chi connectivity index (χ4n) is 3.74. The Bertz CT molecular complexity index is 1360. The normalized spacial score (nSPS) is 11.6. The fourth-order valence-corrected chi connectivity index (χ4v) is 4.02. The Hall–Kier alpha value is -4.10. The number of nitrogens with zero attached hydrogens (tertiary/aromatic N) is 1. The molecule has 4 aromatic rings. The zero-order valence-electron chi connectivity index (χ0n) is 19.7. The van der Waals surface area contributed by atoms with Gasteiger partial charge in [0, 0.05) is 21.7 Å². The lowest BCUT2D eigenvalue weighted by atomic mass is 10.0. The molecule has 0 amide bonds. The standard InChI is InChI=1S/C28H24ClNO6/c1-17-24(16-27(33)34-18(2)23-5-3-4-6-25(23)29)28(36-30-17)20-9-13-22(14-10-20)35-21-11-7-19(8-12-21)15-26(31)32/h3-14,18H,15-16H2,1-2H3,(H,31,32)/t18-/m1/s1. The number of aliphatic carboxylic acids is 1. The van der Waals surface area contributed by atoms with Crippen LogP contribution in [0.1, 0.15) is 35.4 Å². The summed E-state index contributed by atoms with van der Waals surface area (Å²) in [5.41, 5.74) is 3.42. The smallest absolute Gasteiger partial charge is 0.311 e. The van der Waals surface area contributed by atoms with Crippen LogP contribution in [0.4, 0.5) is 0 Å². The molecule has 0 radical (unpaired) electrons. The average molecular weight is 506 g/mol. The Morgan fingerprint density at radius 2 is 1.61 bits per heavy atom. The molecule has 1 N–H and O–H groups in total. The molecule has 0 unspecified atom stereocenters. The molecule has 0 aliphatic heterocycles. The van der Waals surface area contributed by atoms with Crippen LogP contribution >= 0.6 is 11.6 Å². The molecule has 8 heteroatoms. The average Bonchev–Trinajstić information content (AvgIpc) is 3.20. The molecule has 7 nitrogen and oxygen atoms in total. The van der Waals surface area contributed by atoms with Crippen LogP contribution in [0.15, 0.2) is 77.3 Å². The number of benzene rings is 3. The minimum Gasteiger partial charge on any atom is -0.481 e. The van der Waals surface area contributed by atoms with Crippen molar-refractivity contribution in [3.8, 4) is 22.8 Å². The number of ether oxygens (including phenoxy) is 2. The molecule has 0 spiro atoms. The van der Waals surface area contributed by atoms with Crippen molar-refractivity contribution in [2.75, 3.05) is 0 Å².